The smallest absolute Gasteiger partial charge is 0.142 e. The molecular formula is C14H17NO. The van der Waals surface area contributed by atoms with Crippen molar-refractivity contribution in [3.63, 3.8) is 0 Å². The summed E-state index contributed by atoms with van der Waals surface area (Å²) in [6.45, 7) is 2.03. The molecule has 16 heavy (non-hydrogen) atoms. The Morgan fingerprint density at radius 3 is 2.88 bits per heavy atom. The molecule has 84 valence electrons. The van der Waals surface area contributed by atoms with Crippen molar-refractivity contribution in [1.29, 1.82) is 0 Å². The van der Waals surface area contributed by atoms with Crippen molar-refractivity contribution in [2.75, 3.05) is 0 Å². The van der Waals surface area contributed by atoms with Crippen LogP contribution in [0, 0.1) is 24.7 Å². The lowest BCUT2D eigenvalue weighted by Gasteiger charge is -2.05. The molecule has 2 atom stereocenters. The summed E-state index contributed by atoms with van der Waals surface area (Å²) in [6, 6.07) is 3.96. The van der Waals surface area contributed by atoms with Gasteiger partial charge in [-0.3, -0.25) is 9.78 Å². The maximum Gasteiger partial charge on any atom is 0.142 e. The molecule has 0 spiro atoms. The van der Waals surface area contributed by atoms with Crippen LogP contribution in [0.15, 0.2) is 18.3 Å². The number of hydrogen-bond donors (Lipinski definition) is 0. The second-order valence-corrected chi connectivity index (χ2v) is 5.19. The van der Waals surface area contributed by atoms with Crippen molar-refractivity contribution in [2.45, 2.75) is 32.6 Å². The molecule has 0 radical (unpaired) electrons. The Labute approximate surface area is 96.1 Å². The van der Waals surface area contributed by atoms with E-state index in [1.807, 2.05) is 19.1 Å². The van der Waals surface area contributed by atoms with E-state index in [4.69, 9.17) is 0 Å². The van der Waals surface area contributed by atoms with Crippen LogP contribution in [0.5, 0.6) is 0 Å². The van der Waals surface area contributed by atoms with Gasteiger partial charge in [-0.1, -0.05) is 12.5 Å². The van der Waals surface area contributed by atoms with Crippen LogP contribution in [0.1, 0.15) is 30.5 Å². The fourth-order valence-electron chi connectivity index (χ4n) is 3.29. The van der Waals surface area contributed by atoms with Crippen LogP contribution in [-0.2, 0) is 11.2 Å². The normalized spacial score (nSPS) is 31.2. The number of aromatic nitrogens is 1. The molecule has 2 fully saturated rings. The Kier molecular flexibility index (Phi) is 2.31. The van der Waals surface area contributed by atoms with Gasteiger partial charge in [0.05, 0.1) is 5.69 Å². The van der Waals surface area contributed by atoms with Crippen molar-refractivity contribution in [1.82, 2.24) is 4.98 Å². The van der Waals surface area contributed by atoms with Gasteiger partial charge in [-0.25, -0.2) is 0 Å². The number of rotatable bonds is 3. The van der Waals surface area contributed by atoms with Gasteiger partial charge < -0.3 is 0 Å². The maximum atomic E-state index is 12.1. The number of aryl methyl sites for hydroxylation is 1. The van der Waals surface area contributed by atoms with Gasteiger partial charge >= 0.3 is 0 Å². The SMILES string of the molecule is Cc1cccnc1CC(=O)C1C2CCCC21. The monoisotopic (exact) mass is 215 g/mol. The first kappa shape index (κ1) is 10.0. The largest absolute Gasteiger partial charge is 0.299 e. The number of carbonyl (C=O) groups excluding carboxylic acids is 1. The van der Waals surface area contributed by atoms with Gasteiger partial charge in [0.25, 0.3) is 0 Å². The van der Waals surface area contributed by atoms with E-state index in [9.17, 15) is 4.79 Å². The number of Topliss-reactive ketones (excluding diaryl/α,β-unsaturated/α-hetero) is 1. The third-order valence-corrected chi connectivity index (χ3v) is 4.24. The molecular weight excluding hydrogens is 198 g/mol. The molecule has 2 saturated carbocycles. The highest BCUT2D eigenvalue weighted by molar-refractivity contribution is 5.86. The zero-order chi connectivity index (χ0) is 11.1. The fraction of sp³-hybridized carbons (Fsp3) is 0.571. The summed E-state index contributed by atoms with van der Waals surface area (Å²) in [5.41, 5.74) is 2.11. The van der Waals surface area contributed by atoms with Gasteiger partial charge in [0.2, 0.25) is 0 Å². The van der Waals surface area contributed by atoms with Crippen molar-refractivity contribution < 1.29 is 4.79 Å². The zero-order valence-corrected chi connectivity index (χ0v) is 9.65. The minimum Gasteiger partial charge on any atom is -0.299 e. The van der Waals surface area contributed by atoms with Crippen LogP contribution < -0.4 is 0 Å². The highest BCUT2D eigenvalue weighted by Crippen LogP contribution is 2.58. The van der Waals surface area contributed by atoms with Gasteiger partial charge in [0, 0.05) is 18.5 Å². The van der Waals surface area contributed by atoms with E-state index in [2.05, 4.69) is 4.98 Å². The van der Waals surface area contributed by atoms with Crippen LogP contribution in [-0.4, -0.2) is 10.8 Å². The topological polar surface area (TPSA) is 30.0 Å². The summed E-state index contributed by atoms with van der Waals surface area (Å²) in [7, 11) is 0. The highest BCUT2D eigenvalue weighted by atomic mass is 16.1. The standard InChI is InChI=1S/C14H17NO/c1-9-4-3-7-15-12(9)8-13(16)14-10-5-2-6-11(10)14/h3-4,7,10-11,14H,2,5-6,8H2,1H3. The van der Waals surface area contributed by atoms with Crippen molar-refractivity contribution >= 4 is 5.78 Å². The number of pyridine rings is 1. The van der Waals surface area contributed by atoms with Crippen LogP contribution in [0.3, 0.4) is 0 Å². The molecule has 1 aromatic rings. The molecule has 0 aromatic carbocycles. The number of carbonyl (C=O) groups is 1. The van der Waals surface area contributed by atoms with E-state index in [0.29, 0.717) is 18.1 Å². The third kappa shape index (κ3) is 1.57. The predicted octanol–water partition coefficient (Wildman–Crippen LogP) is 2.55. The van der Waals surface area contributed by atoms with E-state index < -0.39 is 0 Å². The molecule has 2 nitrogen and oxygen atoms in total. The molecule has 2 heteroatoms. The molecule has 2 unspecified atom stereocenters. The first-order valence-electron chi connectivity index (χ1n) is 6.20. The average molecular weight is 215 g/mol. The summed E-state index contributed by atoms with van der Waals surface area (Å²) in [4.78, 5) is 16.4. The Morgan fingerprint density at radius 2 is 2.19 bits per heavy atom. The summed E-state index contributed by atoms with van der Waals surface area (Å²) in [5.74, 6) is 2.28. The minimum atomic E-state index is 0.384. The zero-order valence-electron chi connectivity index (χ0n) is 9.65. The van der Waals surface area contributed by atoms with Crippen LogP contribution in [0.4, 0.5) is 0 Å². The summed E-state index contributed by atoms with van der Waals surface area (Å²) in [6.07, 6.45) is 6.22. The van der Waals surface area contributed by atoms with Gasteiger partial charge in [-0.05, 0) is 43.2 Å². The second kappa shape index (κ2) is 3.69. The van der Waals surface area contributed by atoms with Gasteiger partial charge in [0.1, 0.15) is 5.78 Å². The summed E-state index contributed by atoms with van der Waals surface area (Å²) in [5, 5.41) is 0. The van der Waals surface area contributed by atoms with E-state index in [1.54, 1.807) is 6.20 Å². The van der Waals surface area contributed by atoms with Gasteiger partial charge in [0.15, 0.2) is 0 Å². The van der Waals surface area contributed by atoms with Crippen molar-refractivity contribution in [3.8, 4) is 0 Å². The van der Waals surface area contributed by atoms with Gasteiger partial charge in [-0.2, -0.15) is 0 Å². The summed E-state index contributed by atoms with van der Waals surface area (Å²) < 4.78 is 0. The first-order chi connectivity index (χ1) is 7.77. The fourth-order valence-corrected chi connectivity index (χ4v) is 3.29. The lowest BCUT2D eigenvalue weighted by Crippen LogP contribution is -2.11. The third-order valence-electron chi connectivity index (χ3n) is 4.24. The number of fused-ring (bicyclic) bond motifs is 1. The van der Waals surface area contributed by atoms with E-state index in [1.165, 1.54) is 19.3 Å². The average Bonchev–Trinajstić information content (AvgIpc) is 2.76. The lowest BCUT2D eigenvalue weighted by molar-refractivity contribution is -0.120. The molecule has 2 aliphatic carbocycles. The number of nitrogens with zero attached hydrogens (tertiary/aromatic N) is 1. The number of ketones is 1. The molecule has 1 heterocycles. The lowest BCUT2D eigenvalue weighted by atomic mass is 10.0. The van der Waals surface area contributed by atoms with Crippen LogP contribution >= 0.6 is 0 Å². The predicted molar refractivity (Wildman–Crippen MR) is 62.0 cm³/mol. The quantitative estimate of drug-likeness (QED) is 0.775. The van der Waals surface area contributed by atoms with Crippen molar-refractivity contribution in [2.24, 2.45) is 17.8 Å². The molecule has 0 aliphatic heterocycles. The van der Waals surface area contributed by atoms with Crippen LogP contribution in [0.2, 0.25) is 0 Å². The molecule has 0 bridgehead atoms. The Hall–Kier alpha value is -1.18. The van der Waals surface area contributed by atoms with Crippen LogP contribution in [0.25, 0.3) is 0 Å². The Bertz CT molecular complexity index is 416. The molecule has 0 N–H and O–H groups in total. The molecule has 2 aliphatic rings. The first-order valence-corrected chi connectivity index (χ1v) is 6.20. The Morgan fingerprint density at radius 1 is 1.44 bits per heavy atom. The maximum absolute atomic E-state index is 12.1. The number of hydrogen-bond acceptors (Lipinski definition) is 2. The van der Waals surface area contributed by atoms with E-state index in [-0.39, 0.29) is 0 Å². The molecule has 1 aromatic heterocycles. The molecule has 0 saturated heterocycles. The molecule has 3 rings (SSSR count). The minimum absolute atomic E-state index is 0.384. The summed E-state index contributed by atoms with van der Waals surface area (Å²) >= 11 is 0. The van der Waals surface area contributed by atoms with Gasteiger partial charge in [-0.15, -0.1) is 0 Å². The molecule has 0 amide bonds. The van der Waals surface area contributed by atoms with E-state index >= 15 is 0 Å². The highest BCUT2D eigenvalue weighted by Gasteiger charge is 2.55. The van der Waals surface area contributed by atoms with Crippen molar-refractivity contribution in [3.05, 3.63) is 29.6 Å². The Balaban J connectivity index is 1.68. The van der Waals surface area contributed by atoms with E-state index in [0.717, 1.165) is 23.1 Å². The second-order valence-electron chi connectivity index (χ2n) is 5.19.